The van der Waals surface area contributed by atoms with Crippen LogP contribution in [0.25, 0.3) is 21.3 Å². The lowest BCUT2D eigenvalue weighted by Gasteiger charge is -2.10. The van der Waals surface area contributed by atoms with Gasteiger partial charge in [-0.2, -0.15) is 0 Å². The number of hydrogen-bond donors (Lipinski definition) is 1. The standard InChI is InChI=1S/C22H20FN5O3S2/c1-11-17(13-5-7-14(23)8-6-13)18-20(32-11)24-12(2)28(21(18)30)10-16(29)25-22-27-26-19(33-22)15-4-3-9-31-15/h5-8,15H,3-4,9-10H2,1-2H3,(H,25,27,29). The molecule has 0 bridgehead atoms. The molecule has 1 aliphatic heterocycles. The summed E-state index contributed by atoms with van der Waals surface area (Å²) < 4.78 is 20.4. The number of benzene rings is 1. The minimum absolute atomic E-state index is 0.0728. The van der Waals surface area contributed by atoms with Gasteiger partial charge in [-0.15, -0.1) is 21.5 Å². The Morgan fingerprint density at radius 3 is 2.76 bits per heavy atom. The molecule has 1 unspecified atom stereocenters. The third-order valence-corrected chi connectivity index (χ3v) is 7.44. The number of fused-ring (bicyclic) bond motifs is 1. The number of halogens is 1. The number of nitrogens with one attached hydrogen (secondary N) is 1. The number of rotatable bonds is 5. The maximum absolute atomic E-state index is 13.4. The third kappa shape index (κ3) is 4.19. The fraction of sp³-hybridized carbons (Fsp3) is 0.318. The Morgan fingerprint density at radius 2 is 2.03 bits per heavy atom. The summed E-state index contributed by atoms with van der Waals surface area (Å²) in [6, 6.07) is 6.00. The van der Waals surface area contributed by atoms with Gasteiger partial charge in [0.15, 0.2) is 0 Å². The van der Waals surface area contributed by atoms with Gasteiger partial charge < -0.3 is 4.74 Å². The second kappa shape index (κ2) is 8.73. The summed E-state index contributed by atoms with van der Waals surface area (Å²) in [5.41, 5.74) is 1.13. The lowest BCUT2D eigenvalue weighted by Crippen LogP contribution is -2.30. The highest BCUT2D eigenvalue weighted by Gasteiger charge is 2.23. The van der Waals surface area contributed by atoms with Gasteiger partial charge >= 0.3 is 0 Å². The Hall–Kier alpha value is -3.02. The molecule has 1 aromatic carbocycles. The second-order valence-corrected chi connectivity index (χ2v) is 9.98. The van der Waals surface area contributed by atoms with E-state index in [4.69, 9.17) is 4.74 Å². The molecule has 0 radical (unpaired) electrons. The van der Waals surface area contributed by atoms with E-state index in [9.17, 15) is 14.0 Å². The van der Waals surface area contributed by atoms with E-state index < -0.39 is 5.91 Å². The van der Waals surface area contributed by atoms with Crippen molar-refractivity contribution < 1.29 is 13.9 Å². The number of nitrogens with zero attached hydrogens (tertiary/aromatic N) is 4. The van der Waals surface area contributed by atoms with Gasteiger partial charge in [0.1, 0.15) is 34.1 Å². The molecule has 1 aliphatic rings. The molecule has 8 nitrogen and oxygen atoms in total. The molecule has 11 heteroatoms. The van der Waals surface area contributed by atoms with Crippen LogP contribution in [0.1, 0.15) is 34.7 Å². The summed E-state index contributed by atoms with van der Waals surface area (Å²) in [5, 5.41) is 12.4. The van der Waals surface area contributed by atoms with Crippen molar-refractivity contribution in [2.24, 2.45) is 0 Å². The molecule has 0 saturated carbocycles. The number of amides is 1. The zero-order chi connectivity index (χ0) is 23.1. The van der Waals surface area contributed by atoms with E-state index >= 15 is 0 Å². The predicted octanol–water partition coefficient (Wildman–Crippen LogP) is 4.22. The molecule has 5 rings (SSSR count). The van der Waals surface area contributed by atoms with Crippen LogP contribution in [0.15, 0.2) is 29.1 Å². The molecular weight excluding hydrogens is 465 g/mol. The van der Waals surface area contributed by atoms with Crippen molar-refractivity contribution in [3.63, 3.8) is 0 Å². The maximum Gasteiger partial charge on any atom is 0.263 e. The van der Waals surface area contributed by atoms with E-state index in [1.54, 1.807) is 19.1 Å². The van der Waals surface area contributed by atoms with Crippen molar-refractivity contribution in [2.75, 3.05) is 11.9 Å². The molecule has 0 spiro atoms. The fourth-order valence-corrected chi connectivity index (χ4v) is 5.86. The van der Waals surface area contributed by atoms with Crippen LogP contribution in [0.4, 0.5) is 9.52 Å². The minimum Gasteiger partial charge on any atom is -0.371 e. The zero-order valence-corrected chi connectivity index (χ0v) is 19.6. The van der Waals surface area contributed by atoms with Crippen molar-refractivity contribution in [1.82, 2.24) is 19.7 Å². The quantitative estimate of drug-likeness (QED) is 0.454. The van der Waals surface area contributed by atoms with Crippen molar-refractivity contribution >= 4 is 43.9 Å². The molecule has 1 N–H and O–H groups in total. The molecule has 1 fully saturated rings. The predicted molar refractivity (Wildman–Crippen MR) is 125 cm³/mol. The van der Waals surface area contributed by atoms with Crippen LogP contribution in [-0.2, 0) is 16.1 Å². The van der Waals surface area contributed by atoms with Gasteiger partial charge in [-0.1, -0.05) is 23.5 Å². The molecule has 4 aromatic rings. The first kappa shape index (κ1) is 21.8. The van der Waals surface area contributed by atoms with Crippen LogP contribution in [0, 0.1) is 19.7 Å². The Labute approximate surface area is 196 Å². The maximum atomic E-state index is 13.4. The smallest absolute Gasteiger partial charge is 0.263 e. The van der Waals surface area contributed by atoms with Gasteiger partial charge in [0.2, 0.25) is 11.0 Å². The first-order valence-electron chi connectivity index (χ1n) is 10.4. The summed E-state index contributed by atoms with van der Waals surface area (Å²) >= 11 is 2.68. The van der Waals surface area contributed by atoms with Gasteiger partial charge in [0.05, 0.1) is 5.39 Å². The van der Waals surface area contributed by atoms with Crippen LogP contribution in [-0.4, -0.2) is 32.3 Å². The van der Waals surface area contributed by atoms with E-state index in [0.29, 0.717) is 33.3 Å². The average Bonchev–Trinajstić information content (AvgIpc) is 3.52. The normalized spacial score (nSPS) is 15.9. The largest absolute Gasteiger partial charge is 0.371 e. The summed E-state index contributed by atoms with van der Waals surface area (Å²) in [6.45, 7) is 4.09. The molecule has 3 aromatic heterocycles. The number of aryl methyl sites for hydroxylation is 2. The fourth-order valence-electron chi connectivity index (χ4n) is 3.94. The number of anilines is 1. The second-order valence-electron chi connectivity index (χ2n) is 7.77. The number of carbonyl (C=O) groups excluding carboxylic acids is 1. The van der Waals surface area contributed by atoms with E-state index in [1.807, 2.05) is 6.92 Å². The highest BCUT2D eigenvalue weighted by Crippen LogP contribution is 2.36. The molecular formula is C22H20FN5O3S2. The number of thiophene rings is 1. The molecule has 4 heterocycles. The molecule has 170 valence electrons. The van der Waals surface area contributed by atoms with Crippen LogP contribution in [0.3, 0.4) is 0 Å². The van der Waals surface area contributed by atoms with Crippen molar-refractivity contribution in [3.8, 4) is 11.1 Å². The number of aromatic nitrogens is 4. The number of ether oxygens (including phenoxy) is 1. The van der Waals surface area contributed by atoms with E-state index in [1.165, 1.54) is 39.4 Å². The highest BCUT2D eigenvalue weighted by atomic mass is 32.1. The SMILES string of the molecule is Cc1sc2nc(C)n(CC(=O)Nc3nnc(C4CCCO4)s3)c(=O)c2c1-c1ccc(F)cc1. The highest BCUT2D eigenvalue weighted by molar-refractivity contribution is 7.19. The lowest BCUT2D eigenvalue weighted by molar-refractivity contribution is -0.116. The average molecular weight is 486 g/mol. The molecule has 1 atom stereocenters. The van der Waals surface area contributed by atoms with Crippen LogP contribution < -0.4 is 10.9 Å². The summed E-state index contributed by atoms with van der Waals surface area (Å²) in [7, 11) is 0. The van der Waals surface area contributed by atoms with Gasteiger partial charge in [0.25, 0.3) is 5.56 Å². The molecule has 33 heavy (non-hydrogen) atoms. The van der Waals surface area contributed by atoms with E-state index in [-0.39, 0.29) is 24.0 Å². The van der Waals surface area contributed by atoms with Crippen molar-refractivity contribution in [1.29, 1.82) is 0 Å². The van der Waals surface area contributed by atoms with Crippen LogP contribution in [0.5, 0.6) is 0 Å². The minimum atomic E-state index is -0.397. The van der Waals surface area contributed by atoms with Gasteiger partial charge in [-0.25, -0.2) is 9.37 Å². The number of carbonyl (C=O) groups is 1. The summed E-state index contributed by atoms with van der Waals surface area (Å²) in [5.74, 6) is -0.308. The monoisotopic (exact) mass is 485 g/mol. The third-order valence-electron chi connectivity index (χ3n) is 5.51. The molecule has 1 amide bonds. The van der Waals surface area contributed by atoms with Crippen molar-refractivity contribution in [3.05, 3.63) is 56.1 Å². The van der Waals surface area contributed by atoms with Crippen LogP contribution >= 0.6 is 22.7 Å². The summed E-state index contributed by atoms with van der Waals surface area (Å²) in [4.78, 5) is 32.2. The summed E-state index contributed by atoms with van der Waals surface area (Å²) in [6.07, 6.45) is 1.79. The Bertz CT molecular complexity index is 1400. The van der Waals surface area contributed by atoms with Crippen LogP contribution in [0.2, 0.25) is 0 Å². The number of hydrogen-bond acceptors (Lipinski definition) is 8. The van der Waals surface area contributed by atoms with E-state index in [0.717, 1.165) is 28.3 Å². The first-order chi connectivity index (χ1) is 15.9. The topological polar surface area (TPSA) is 99.0 Å². The molecule has 0 aliphatic carbocycles. The Morgan fingerprint density at radius 1 is 1.24 bits per heavy atom. The first-order valence-corrected chi connectivity index (χ1v) is 12.1. The lowest BCUT2D eigenvalue weighted by atomic mass is 10.0. The molecule has 1 saturated heterocycles. The zero-order valence-electron chi connectivity index (χ0n) is 17.9. The Balaban J connectivity index is 1.44. The Kier molecular flexibility index (Phi) is 5.77. The van der Waals surface area contributed by atoms with Crippen molar-refractivity contribution in [2.45, 2.75) is 39.3 Å². The van der Waals surface area contributed by atoms with Gasteiger partial charge in [0, 0.05) is 17.0 Å². The van der Waals surface area contributed by atoms with Gasteiger partial charge in [-0.05, 0) is 44.4 Å². The van der Waals surface area contributed by atoms with E-state index in [2.05, 4.69) is 20.5 Å². The van der Waals surface area contributed by atoms with Gasteiger partial charge in [-0.3, -0.25) is 19.5 Å².